The lowest BCUT2D eigenvalue weighted by Gasteiger charge is -2.13. The lowest BCUT2D eigenvalue weighted by atomic mass is 10.0. The van der Waals surface area contributed by atoms with Crippen molar-refractivity contribution in [1.29, 1.82) is 0 Å². The van der Waals surface area contributed by atoms with Gasteiger partial charge in [-0.25, -0.2) is 27.9 Å². The van der Waals surface area contributed by atoms with Gasteiger partial charge in [-0.15, -0.1) is 0 Å². The standard InChI is InChI=1S/C26H29N5O3S/c1-4-15-28-26(32)30-35(33,34)22-9-7-6-8-21(22)20-12-10-19(11-13-20)17-31-23(5-2)29-24-18(3)14-16-27-25(24)31/h6-14,16H,4-5,15,17H2,1-3H3,(H2,28,30,32). The van der Waals surface area contributed by atoms with E-state index in [0.29, 0.717) is 25.1 Å². The van der Waals surface area contributed by atoms with Crippen LogP contribution in [0, 0.1) is 6.92 Å². The van der Waals surface area contributed by atoms with Crippen molar-refractivity contribution < 1.29 is 13.2 Å². The lowest BCUT2D eigenvalue weighted by molar-refractivity contribution is 0.246. The first-order valence-electron chi connectivity index (χ1n) is 11.6. The van der Waals surface area contributed by atoms with Gasteiger partial charge in [-0.1, -0.05) is 56.3 Å². The quantitative estimate of drug-likeness (QED) is 0.380. The maximum absolute atomic E-state index is 12.9. The second-order valence-electron chi connectivity index (χ2n) is 8.32. The van der Waals surface area contributed by atoms with E-state index >= 15 is 0 Å². The Balaban J connectivity index is 1.62. The zero-order valence-corrected chi connectivity index (χ0v) is 20.9. The molecule has 0 saturated carbocycles. The molecule has 35 heavy (non-hydrogen) atoms. The molecule has 4 rings (SSSR count). The van der Waals surface area contributed by atoms with Crippen molar-refractivity contribution in [2.75, 3.05) is 6.54 Å². The molecule has 0 unspecified atom stereocenters. The SMILES string of the molecule is CCCNC(=O)NS(=O)(=O)c1ccccc1-c1ccc(Cn2c(CC)nc3c(C)ccnc32)cc1. The van der Waals surface area contributed by atoms with E-state index < -0.39 is 16.1 Å². The number of hydrogen-bond acceptors (Lipinski definition) is 5. The van der Waals surface area contributed by atoms with Crippen LogP contribution >= 0.6 is 0 Å². The molecule has 0 atom stereocenters. The number of aryl methyl sites for hydroxylation is 2. The van der Waals surface area contributed by atoms with Crippen LogP contribution in [-0.4, -0.2) is 35.5 Å². The minimum atomic E-state index is -4.04. The molecule has 8 nitrogen and oxygen atoms in total. The Morgan fingerprint density at radius 3 is 2.49 bits per heavy atom. The van der Waals surface area contributed by atoms with Crippen molar-refractivity contribution in [2.24, 2.45) is 0 Å². The summed E-state index contributed by atoms with van der Waals surface area (Å²) in [6, 6.07) is 15.6. The van der Waals surface area contributed by atoms with Gasteiger partial charge < -0.3 is 9.88 Å². The monoisotopic (exact) mass is 491 g/mol. The van der Waals surface area contributed by atoms with E-state index in [9.17, 15) is 13.2 Å². The number of rotatable bonds is 8. The fourth-order valence-corrected chi connectivity index (χ4v) is 5.14. The Labute approximate surface area is 205 Å². The van der Waals surface area contributed by atoms with E-state index in [-0.39, 0.29) is 4.90 Å². The molecule has 2 amide bonds. The normalized spacial score (nSPS) is 11.5. The van der Waals surface area contributed by atoms with Gasteiger partial charge in [-0.05, 0) is 42.2 Å². The first-order valence-corrected chi connectivity index (χ1v) is 13.1. The van der Waals surface area contributed by atoms with Crippen molar-refractivity contribution in [3.63, 3.8) is 0 Å². The fourth-order valence-electron chi connectivity index (χ4n) is 3.98. The fraction of sp³-hybridized carbons (Fsp3) is 0.269. The zero-order valence-electron chi connectivity index (χ0n) is 20.1. The highest BCUT2D eigenvalue weighted by Crippen LogP contribution is 2.28. The Kier molecular flexibility index (Phi) is 7.16. The van der Waals surface area contributed by atoms with Gasteiger partial charge in [0, 0.05) is 24.7 Å². The van der Waals surface area contributed by atoms with Gasteiger partial charge in [-0.2, -0.15) is 0 Å². The molecule has 0 saturated heterocycles. The first kappa shape index (κ1) is 24.4. The smallest absolute Gasteiger partial charge is 0.328 e. The maximum atomic E-state index is 12.9. The number of benzene rings is 2. The highest BCUT2D eigenvalue weighted by atomic mass is 32.2. The molecule has 0 aliphatic carbocycles. The molecule has 0 radical (unpaired) electrons. The van der Waals surface area contributed by atoms with Crippen LogP contribution in [0.1, 0.15) is 37.2 Å². The van der Waals surface area contributed by atoms with Crippen molar-refractivity contribution in [2.45, 2.75) is 45.1 Å². The first-order chi connectivity index (χ1) is 16.8. The molecule has 0 spiro atoms. The van der Waals surface area contributed by atoms with E-state index in [4.69, 9.17) is 4.98 Å². The summed E-state index contributed by atoms with van der Waals surface area (Å²) in [6.07, 6.45) is 3.30. The highest BCUT2D eigenvalue weighted by molar-refractivity contribution is 7.90. The van der Waals surface area contributed by atoms with Gasteiger partial charge in [0.15, 0.2) is 5.65 Å². The van der Waals surface area contributed by atoms with Gasteiger partial charge in [-0.3, -0.25) is 0 Å². The molecule has 2 aromatic carbocycles. The molecule has 0 aliphatic rings. The third-order valence-corrected chi connectivity index (χ3v) is 7.16. The van der Waals surface area contributed by atoms with Crippen LogP contribution in [0.2, 0.25) is 0 Å². The largest absolute Gasteiger partial charge is 0.337 e. The number of nitrogens with one attached hydrogen (secondary N) is 2. The van der Waals surface area contributed by atoms with Gasteiger partial charge in [0.1, 0.15) is 11.3 Å². The molecule has 2 N–H and O–H groups in total. The number of aromatic nitrogens is 3. The minimum Gasteiger partial charge on any atom is -0.337 e. The molecular formula is C26H29N5O3S. The Morgan fingerprint density at radius 1 is 1.03 bits per heavy atom. The number of carbonyl (C=O) groups is 1. The van der Waals surface area contributed by atoms with Gasteiger partial charge in [0.25, 0.3) is 10.0 Å². The average Bonchev–Trinajstić information content (AvgIpc) is 3.21. The van der Waals surface area contributed by atoms with E-state index in [0.717, 1.165) is 40.1 Å². The third kappa shape index (κ3) is 5.19. The van der Waals surface area contributed by atoms with Gasteiger partial charge in [0.2, 0.25) is 0 Å². The molecule has 2 aromatic heterocycles. The summed E-state index contributed by atoms with van der Waals surface area (Å²) in [4.78, 5) is 21.4. The van der Waals surface area contributed by atoms with Crippen LogP contribution in [0.4, 0.5) is 4.79 Å². The molecule has 0 bridgehead atoms. The van der Waals surface area contributed by atoms with E-state index in [1.807, 2.05) is 44.2 Å². The second-order valence-corrected chi connectivity index (χ2v) is 9.97. The predicted molar refractivity (Wildman–Crippen MR) is 137 cm³/mol. The number of nitrogens with zero attached hydrogens (tertiary/aromatic N) is 3. The highest BCUT2D eigenvalue weighted by Gasteiger charge is 2.21. The number of sulfonamides is 1. The molecule has 0 aliphatic heterocycles. The molecule has 0 fully saturated rings. The number of amides is 2. The Morgan fingerprint density at radius 2 is 1.77 bits per heavy atom. The minimum absolute atomic E-state index is 0.0490. The van der Waals surface area contributed by atoms with E-state index in [1.165, 1.54) is 6.07 Å². The van der Waals surface area contributed by atoms with Crippen LogP contribution in [0.3, 0.4) is 0 Å². The van der Waals surface area contributed by atoms with Gasteiger partial charge in [0.05, 0.1) is 11.4 Å². The van der Waals surface area contributed by atoms with Crippen molar-refractivity contribution in [1.82, 2.24) is 24.6 Å². The zero-order chi connectivity index (χ0) is 25.0. The van der Waals surface area contributed by atoms with Crippen molar-refractivity contribution in [3.05, 3.63) is 77.7 Å². The number of fused-ring (bicyclic) bond motifs is 1. The lowest BCUT2D eigenvalue weighted by Crippen LogP contribution is -2.39. The number of pyridine rings is 1. The van der Waals surface area contributed by atoms with Crippen LogP contribution in [0.15, 0.2) is 65.7 Å². The van der Waals surface area contributed by atoms with Crippen molar-refractivity contribution in [3.8, 4) is 11.1 Å². The maximum Gasteiger partial charge on any atom is 0.328 e. The van der Waals surface area contributed by atoms with E-state index in [1.54, 1.807) is 24.4 Å². The van der Waals surface area contributed by atoms with Crippen molar-refractivity contribution >= 4 is 27.2 Å². The van der Waals surface area contributed by atoms with Crippen LogP contribution in [0.5, 0.6) is 0 Å². The molecule has 2 heterocycles. The Bertz CT molecular complexity index is 1460. The topological polar surface area (TPSA) is 106 Å². The summed E-state index contributed by atoms with van der Waals surface area (Å²) in [7, 11) is -4.04. The predicted octanol–water partition coefficient (Wildman–Crippen LogP) is 4.42. The number of carbonyl (C=O) groups excluding carboxylic acids is 1. The number of urea groups is 1. The summed E-state index contributed by atoms with van der Waals surface area (Å²) in [5.41, 5.74) is 5.17. The molecule has 9 heteroatoms. The van der Waals surface area contributed by atoms with Crippen LogP contribution < -0.4 is 10.0 Å². The summed E-state index contributed by atoms with van der Waals surface area (Å²) in [5, 5.41) is 2.53. The molecule has 4 aromatic rings. The summed E-state index contributed by atoms with van der Waals surface area (Å²) in [5.74, 6) is 0.967. The number of imidazole rings is 1. The van der Waals surface area contributed by atoms with Gasteiger partial charge >= 0.3 is 6.03 Å². The molecule has 182 valence electrons. The third-order valence-electron chi connectivity index (χ3n) is 5.78. The average molecular weight is 492 g/mol. The van der Waals surface area contributed by atoms with Crippen LogP contribution in [0.25, 0.3) is 22.3 Å². The van der Waals surface area contributed by atoms with Crippen LogP contribution in [-0.2, 0) is 23.0 Å². The Hall–Kier alpha value is -3.72. The molecular weight excluding hydrogens is 462 g/mol. The summed E-state index contributed by atoms with van der Waals surface area (Å²) in [6.45, 7) is 7.00. The summed E-state index contributed by atoms with van der Waals surface area (Å²) < 4.78 is 30.0. The number of hydrogen-bond donors (Lipinski definition) is 2. The summed E-state index contributed by atoms with van der Waals surface area (Å²) >= 11 is 0. The second kappa shape index (κ2) is 10.3. The van der Waals surface area contributed by atoms with E-state index in [2.05, 4.69) is 26.5 Å².